The fourth-order valence-corrected chi connectivity index (χ4v) is 7.93. The quantitative estimate of drug-likeness (QED) is 0.211. The molecule has 2 fully saturated rings. The fraction of sp³-hybridized carbons (Fsp3) is 0.424. The average molecular weight is 615 g/mol. The molecular formula is C33H38N6O4S. The zero-order valence-electron chi connectivity index (χ0n) is 25.0. The molecule has 1 saturated heterocycles. The van der Waals surface area contributed by atoms with Crippen LogP contribution in [0.25, 0.3) is 11.3 Å². The summed E-state index contributed by atoms with van der Waals surface area (Å²) in [7, 11) is 1.65. The molecule has 1 aliphatic heterocycles. The van der Waals surface area contributed by atoms with Gasteiger partial charge in [0.25, 0.3) is 0 Å². The molecule has 2 unspecified atom stereocenters. The van der Waals surface area contributed by atoms with Crippen LogP contribution in [0.2, 0.25) is 0 Å². The number of nitrogens with zero attached hydrogens (tertiary/aromatic N) is 5. The molecule has 0 spiro atoms. The van der Waals surface area contributed by atoms with E-state index in [4.69, 9.17) is 9.72 Å². The molecule has 11 heteroatoms. The molecule has 2 atom stereocenters. The Morgan fingerprint density at radius 1 is 1.09 bits per heavy atom. The number of carbonyl (C=O) groups is 1. The van der Waals surface area contributed by atoms with Crippen molar-refractivity contribution in [1.29, 1.82) is 0 Å². The van der Waals surface area contributed by atoms with Gasteiger partial charge in [0, 0.05) is 34.4 Å². The van der Waals surface area contributed by atoms with Gasteiger partial charge in [0.2, 0.25) is 0 Å². The van der Waals surface area contributed by atoms with Gasteiger partial charge in [-0.25, -0.2) is 14.6 Å². The Morgan fingerprint density at radius 2 is 1.89 bits per heavy atom. The second kappa shape index (κ2) is 13.0. The minimum atomic E-state index is -0.772. The predicted octanol–water partition coefficient (Wildman–Crippen LogP) is 5.83. The lowest BCUT2D eigenvalue weighted by Gasteiger charge is -2.43. The zero-order chi connectivity index (χ0) is 30.7. The Hall–Kier alpha value is -3.96. The minimum Gasteiger partial charge on any atom is -0.497 e. The smallest absolute Gasteiger partial charge is 0.306 e. The molecule has 0 bridgehead atoms. The summed E-state index contributed by atoms with van der Waals surface area (Å²) in [5.74, 6) is 2.33. The van der Waals surface area contributed by atoms with Crippen LogP contribution in [0, 0.1) is 12.8 Å². The number of benzene rings is 1. The van der Waals surface area contributed by atoms with Crippen molar-refractivity contribution < 1.29 is 19.7 Å². The van der Waals surface area contributed by atoms with Crippen molar-refractivity contribution in [1.82, 2.24) is 25.0 Å². The number of hydrogen-bond acceptors (Lipinski definition) is 9. The number of aliphatic carboxylic acids is 1. The van der Waals surface area contributed by atoms with E-state index in [0.29, 0.717) is 38.0 Å². The number of aromatic nitrogens is 5. The number of thioether (sulfide) groups is 1. The molecule has 230 valence electrons. The summed E-state index contributed by atoms with van der Waals surface area (Å²) in [5, 5.41) is 32.9. The maximum atomic E-state index is 11.4. The maximum Gasteiger partial charge on any atom is 0.306 e. The summed E-state index contributed by atoms with van der Waals surface area (Å²) in [6.07, 6.45) is 7.75. The largest absolute Gasteiger partial charge is 0.497 e. The Bertz CT molecular complexity index is 1590. The minimum absolute atomic E-state index is 0.136. The topological polar surface area (TPSA) is 135 Å². The number of carboxylic acids is 1. The van der Waals surface area contributed by atoms with E-state index in [1.807, 2.05) is 65.1 Å². The summed E-state index contributed by atoms with van der Waals surface area (Å²) in [6, 6.07) is 15.9. The number of methoxy groups -OCH3 is 1. The normalized spacial score (nSPS) is 23.7. The molecule has 10 nitrogen and oxygen atoms in total. The number of anilines is 2. The van der Waals surface area contributed by atoms with Crippen molar-refractivity contribution in [3.63, 3.8) is 0 Å². The van der Waals surface area contributed by atoms with Crippen LogP contribution in [-0.4, -0.2) is 64.9 Å². The Balaban J connectivity index is 1.09. The van der Waals surface area contributed by atoms with Crippen molar-refractivity contribution in [2.24, 2.45) is 5.92 Å². The standard InChI is InChI=1S/C33H38N6O4S/c1-21-15-27(25-5-8-29(44-20-25)33(42)12-9-23(10-13-33)32(40)41)35-31(16-21)36-30-17-24(11-14-34-30)28-19-39(38-37-28)18-22-3-6-26(43-2)7-4-22/h3-4,6-7,11,14-17,19,23,25,29,42H,5,8-10,12-13,18,20H2,1-2H3,(H,40,41)(H,34,35,36). The molecule has 0 radical (unpaired) electrons. The molecule has 1 aromatic carbocycles. The Labute approximate surface area is 261 Å². The molecule has 2 aliphatic rings. The van der Waals surface area contributed by atoms with Crippen molar-refractivity contribution in [2.45, 2.75) is 68.8 Å². The molecule has 44 heavy (non-hydrogen) atoms. The highest BCUT2D eigenvalue weighted by Gasteiger charge is 2.43. The number of aliphatic hydroxyl groups is 1. The number of hydrogen-bond donors (Lipinski definition) is 3. The molecule has 1 saturated carbocycles. The molecule has 3 aromatic heterocycles. The Kier molecular flexibility index (Phi) is 8.86. The zero-order valence-corrected chi connectivity index (χ0v) is 25.8. The molecule has 4 aromatic rings. The maximum absolute atomic E-state index is 11.4. The first-order valence-electron chi connectivity index (χ1n) is 15.1. The van der Waals surface area contributed by atoms with E-state index >= 15 is 0 Å². The van der Waals surface area contributed by atoms with Gasteiger partial charge in [-0.15, -0.1) is 5.10 Å². The predicted molar refractivity (Wildman–Crippen MR) is 170 cm³/mol. The van der Waals surface area contributed by atoms with Gasteiger partial charge in [-0.05, 0) is 93.0 Å². The lowest BCUT2D eigenvalue weighted by molar-refractivity contribution is -0.144. The highest BCUT2D eigenvalue weighted by Crippen LogP contribution is 2.46. The Morgan fingerprint density at radius 3 is 2.59 bits per heavy atom. The number of carboxylic acid groups (broad SMARTS) is 1. The number of ether oxygens (including phenoxy) is 1. The molecule has 3 N–H and O–H groups in total. The van der Waals surface area contributed by atoms with Gasteiger partial charge in [-0.3, -0.25) is 4.79 Å². The first kappa shape index (κ1) is 30.1. The molecular weight excluding hydrogens is 576 g/mol. The van der Waals surface area contributed by atoms with Crippen LogP contribution in [0.3, 0.4) is 0 Å². The summed E-state index contributed by atoms with van der Waals surface area (Å²) >= 11 is 1.81. The summed E-state index contributed by atoms with van der Waals surface area (Å²) in [4.78, 5) is 20.8. The van der Waals surface area contributed by atoms with E-state index in [1.54, 1.807) is 13.3 Å². The number of aryl methyl sites for hydroxylation is 1. The monoisotopic (exact) mass is 614 g/mol. The SMILES string of the molecule is COc1ccc(Cn2cc(-c3ccnc(Nc4cc(C)cc(C5CCC(C6(O)CCC(C(=O)O)CC6)SC5)n4)c3)nn2)cc1. The highest BCUT2D eigenvalue weighted by molar-refractivity contribution is 8.00. The van der Waals surface area contributed by atoms with Crippen molar-refractivity contribution in [2.75, 3.05) is 18.2 Å². The number of rotatable bonds is 9. The van der Waals surface area contributed by atoms with Crippen LogP contribution in [0.4, 0.5) is 11.6 Å². The van der Waals surface area contributed by atoms with Crippen LogP contribution in [0.1, 0.15) is 61.3 Å². The van der Waals surface area contributed by atoms with E-state index in [9.17, 15) is 15.0 Å². The van der Waals surface area contributed by atoms with Crippen molar-refractivity contribution in [3.8, 4) is 17.0 Å². The second-order valence-electron chi connectivity index (χ2n) is 12.0. The lowest BCUT2D eigenvalue weighted by Crippen LogP contribution is -2.46. The van der Waals surface area contributed by atoms with Crippen molar-refractivity contribution in [3.05, 3.63) is 77.7 Å². The fourth-order valence-electron chi connectivity index (χ4n) is 6.28. The van der Waals surface area contributed by atoms with Crippen LogP contribution >= 0.6 is 11.8 Å². The summed E-state index contributed by atoms with van der Waals surface area (Å²) in [5.41, 5.74) is 4.15. The van der Waals surface area contributed by atoms with Gasteiger partial charge in [-0.1, -0.05) is 17.3 Å². The third-order valence-electron chi connectivity index (χ3n) is 8.84. The van der Waals surface area contributed by atoms with E-state index in [1.165, 1.54) is 0 Å². The van der Waals surface area contributed by atoms with E-state index in [-0.39, 0.29) is 17.1 Å². The van der Waals surface area contributed by atoms with Crippen LogP contribution < -0.4 is 10.1 Å². The van der Waals surface area contributed by atoms with Gasteiger partial charge < -0.3 is 20.3 Å². The van der Waals surface area contributed by atoms with Crippen LogP contribution in [0.15, 0.2) is 60.9 Å². The lowest BCUT2D eigenvalue weighted by atomic mass is 9.75. The third-order valence-corrected chi connectivity index (χ3v) is 10.5. The number of nitrogens with one attached hydrogen (secondary N) is 1. The summed E-state index contributed by atoms with van der Waals surface area (Å²) < 4.78 is 7.05. The van der Waals surface area contributed by atoms with E-state index in [0.717, 1.165) is 58.2 Å². The first-order chi connectivity index (χ1) is 21.3. The van der Waals surface area contributed by atoms with Gasteiger partial charge in [0.1, 0.15) is 23.1 Å². The van der Waals surface area contributed by atoms with E-state index in [2.05, 4.69) is 33.6 Å². The van der Waals surface area contributed by atoms with Gasteiger partial charge >= 0.3 is 5.97 Å². The van der Waals surface area contributed by atoms with Crippen molar-refractivity contribution >= 4 is 29.4 Å². The molecule has 1 aliphatic carbocycles. The first-order valence-corrected chi connectivity index (χ1v) is 16.1. The van der Waals surface area contributed by atoms with Gasteiger partial charge in [0.05, 0.1) is 31.4 Å². The molecule has 4 heterocycles. The second-order valence-corrected chi connectivity index (χ2v) is 13.2. The van der Waals surface area contributed by atoms with E-state index < -0.39 is 11.6 Å². The average Bonchev–Trinajstić information content (AvgIpc) is 3.50. The highest BCUT2D eigenvalue weighted by atomic mass is 32.2. The summed E-state index contributed by atoms with van der Waals surface area (Å²) in [6.45, 7) is 2.68. The number of pyridine rings is 2. The van der Waals surface area contributed by atoms with Gasteiger partial charge in [0.15, 0.2) is 0 Å². The van der Waals surface area contributed by atoms with Gasteiger partial charge in [-0.2, -0.15) is 11.8 Å². The third kappa shape index (κ3) is 6.89. The molecule has 6 rings (SSSR count). The van der Waals surface area contributed by atoms with Crippen LogP contribution in [-0.2, 0) is 11.3 Å². The van der Waals surface area contributed by atoms with Crippen LogP contribution in [0.5, 0.6) is 5.75 Å². The molecule has 0 amide bonds.